The van der Waals surface area contributed by atoms with E-state index in [-0.39, 0.29) is 0 Å². The second-order valence-electron chi connectivity index (χ2n) is 11.1. The van der Waals surface area contributed by atoms with E-state index in [2.05, 4.69) is 124 Å². The topological polar surface area (TPSA) is 335 Å². The molecule has 0 amide bonds. The van der Waals surface area contributed by atoms with Gasteiger partial charge in [0, 0.05) is 111 Å². The van der Waals surface area contributed by atoms with E-state index in [4.69, 9.17) is 0 Å². The molecular formula is C48H52N22O3S2. The summed E-state index contributed by atoms with van der Waals surface area (Å²) in [6.07, 6.45) is 49.8. The summed E-state index contributed by atoms with van der Waals surface area (Å²) in [5, 5.41) is 31.9. The first-order valence-corrected chi connectivity index (χ1v) is 22.9. The number of H-pyrrole nitrogens is 4. The summed E-state index contributed by atoms with van der Waals surface area (Å²) in [7, 11) is 0. The molecule has 0 bridgehead atoms. The molecule has 384 valence electrons. The highest BCUT2D eigenvalue weighted by Gasteiger charge is 1.65. The molecule has 0 radical (unpaired) electrons. The van der Waals surface area contributed by atoms with Crippen LogP contribution in [0.15, 0.2) is 308 Å². The van der Waals surface area contributed by atoms with Crippen LogP contribution in [0.5, 0.6) is 0 Å². The number of aromatic nitrogens is 22. The van der Waals surface area contributed by atoms with Crippen LogP contribution in [-0.2, 0) is 0 Å². The van der Waals surface area contributed by atoms with Gasteiger partial charge in [0.05, 0.1) is 30.6 Å². The van der Waals surface area contributed by atoms with Gasteiger partial charge in [-0.25, -0.2) is 39.9 Å². The van der Waals surface area contributed by atoms with Gasteiger partial charge in [0.2, 0.25) is 12.8 Å². The fraction of sp³-hybridized carbons (Fsp3) is 0. The molecule has 14 aromatic rings. The van der Waals surface area contributed by atoms with E-state index in [9.17, 15) is 0 Å². The highest BCUT2D eigenvalue weighted by Crippen LogP contribution is 1.91. The van der Waals surface area contributed by atoms with E-state index in [1.54, 1.807) is 152 Å². The molecule has 0 fully saturated rings. The molecule has 14 aromatic heterocycles. The van der Waals surface area contributed by atoms with Gasteiger partial charge in [0.1, 0.15) is 44.2 Å². The number of nitrogens with one attached hydrogen (secondary N) is 4. The number of imidazole rings is 1. The lowest BCUT2D eigenvalue weighted by atomic mass is 10.5. The zero-order valence-electron chi connectivity index (χ0n) is 39.8. The van der Waals surface area contributed by atoms with Crippen molar-refractivity contribution in [1.82, 2.24) is 111 Å². The van der Waals surface area contributed by atoms with Crippen molar-refractivity contribution in [3.8, 4) is 0 Å². The fourth-order valence-corrected chi connectivity index (χ4v) is 3.90. The molecule has 0 saturated heterocycles. The van der Waals surface area contributed by atoms with Gasteiger partial charge in [-0.1, -0.05) is 18.2 Å². The Balaban J connectivity index is 0.000000404. The van der Waals surface area contributed by atoms with Crippen molar-refractivity contribution in [3.05, 3.63) is 294 Å². The smallest absolute Gasteiger partial charge is 0.203 e. The van der Waals surface area contributed by atoms with Crippen LogP contribution in [0.3, 0.4) is 0 Å². The summed E-state index contributed by atoms with van der Waals surface area (Å²) in [5.74, 6) is 0. The Kier molecular flexibility index (Phi) is 49.2. The molecule has 75 heavy (non-hydrogen) atoms. The molecule has 0 aliphatic carbocycles. The van der Waals surface area contributed by atoms with Crippen molar-refractivity contribution in [1.29, 1.82) is 0 Å². The maximum absolute atomic E-state index is 4.58. The van der Waals surface area contributed by atoms with Crippen molar-refractivity contribution in [2.24, 2.45) is 0 Å². The zero-order chi connectivity index (χ0) is 53.0. The van der Waals surface area contributed by atoms with Crippen molar-refractivity contribution in [2.45, 2.75) is 0 Å². The van der Waals surface area contributed by atoms with Crippen LogP contribution in [0.4, 0.5) is 0 Å². The van der Waals surface area contributed by atoms with Crippen LogP contribution < -0.4 is 0 Å². The van der Waals surface area contributed by atoms with Gasteiger partial charge in [-0.2, -0.15) is 31.7 Å². The standard InChI is InChI=1S/C5H5N.3C4H4N2.C4H5N.C4H4O.C4H4S.C3H3N3.2C3H4N2.C3H3NO.C3H3NS.C2H3N3.C2H2N2O/c1-2-4-6-5-3-1;1-2-6-4-3-5-1;1-2-5-4-6-3-1;1-2-4-6-5-3-1;3*1-2-4-5-3-1;1-4-2-6-3-5-1;1-2-5-3-4-1;1-2-4-5-3-1;2*1-2-5-3-4-1;1-3-2-5-4-1;1-3-4-2-5-1/h1-5H;3*1-4H;1-5H;2*1-4H;1-3H;2*1-3H,(H,4,5);2*1-3H;1-2H,(H,3,4,5);1-2H. The number of pyridine rings is 1. The lowest BCUT2D eigenvalue weighted by Gasteiger charge is -1.70. The van der Waals surface area contributed by atoms with Crippen LogP contribution >= 0.6 is 22.7 Å². The molecular weight excluding hydrogens is 997 g/mol. The fourth-order valence-electron chi connectivity index (χ4n) is 3.09. The number of thiophene rings is 1. The normalized spacial score (nSPS) is 8.00. The van der Waals surface area contributed by atoms with Crippen molar-refractivity contribution < 1.29 is 13.3 Å². The Morgan fingerprint density at radius 1 is 0.280 bits per heavy atom. The predicted octanol–water partition coefficient (Wildman–Crippen LogP) is 8.94. The maximum Gasteiger partial charge on any atom is 0.203 e. The molecule has 0 aromatic carbocycles. The van der Waals surface area contributed by atoms with Gasteiger partial charge in [-0.05, 0) is 71.4 Å². The largest absolute Gasteiger partial charge is 0.473 e. The Labute approximate surface area is 439 Å². The molecule has 14 rings (SSSR count). The molecule has 14 heterocycles. The van der Waals surface area contributed by atoms with Crippen LogP contribution in [0.25, 0.3) is 0 Å². The van der Waals surface area contributed by atoms with Crippen LogP contribution in [-0.4, -0.2) is 111 Å². The Morgan fingerprint density at radius 3 is 1.11 bits per heavy atom. The van der Waals surface area contributed by atoms with E-state index in [1.807, 2.05) is 101 Å². The van der Waals surface area contributed by atoms with Crippen LogP contribution in [0.1, 0.15) is 0 Å². The Bertz CT molecular complexity index is 1900. The van der Waals surface area contributed by atoms with Gasteiger partial charge in [0.25, 0.3) is 0 Å². The number of oxazole rings is 1. The molecule has 0 saturated carbocycles. The predicted molar refractivity (Wildman–Crippen MR) is 280 cm³/mol. The van der Waals surface area contributed by atoms with Crippen molar-refractivity contribution in [3.63, 3.8) is 0 Å². The lowest BCUT2D eigenvalue weighted by Crippen LogP contribution is -1.73. The van der Waals surface area contributed by atoms with Gasteiger partial charge in [0.15, 0.2) is 6.39 Å². The number of hydrogen-bond donors (Lipinski definition) is 4. The summed E-state index contributed by atoms with van der Waals surface area (Å²) in [6.45, 7) is 0. The molecule has 25 nitrogen and oxygen atoms in total. The number of thiazole rings is 1. The van der Waals surface area contributed by atoms with Crippen LogP contribution in [0.2, 0.25) is 0 Å². The molecule has 0 spiro atoms. The van der Waals surface area contributed by atoms with E-state index >= 15 is 0 Å². The summed E-state index contributed by atoms with van der Waals surface area (Å²) >= 11 is 3.31. The minimum Gasteiger partial charge on any atom is -0.473 e. The zero-order valence-corrected chi connectivity index (χ0v) is 41.4. The highest BCUT2D eigenvalue weighted by atomic mass is 32.1. The average Bonchev–Trinajstić information content (AvgIpc) is 4.35. The second kappa shape index (κ2) is 59.3. The molecule has 4 N–H and O–H groups in total. The summed E-state index contributed by atoms with van der Waals surface area (Å²) in [6, 6.07) is 24.6. The van der Waals surface area contributed by atoms with E-state index in [1.165, 1.54) is 63.4 Å². The maximum atomic E-state index is 4.58. The number of nitrogens with zero attached hydrogens (tertiary/aromatic N) is 18. The van der Waals surface area contributed by atoms with Gasteiger partial charge < -0.3 is 23.2 Å². The first kappa shape index (κ1) is 62.2. The van der Waals surface area contributed by atoms with E-state index < -0.39 is 0 Å². The third kappa shape index (κ3) is 57.4. The number of furan rings is 1. The van der Waals surface area contributed by atoms with Gasteiger partial charge in [-0.15, -0.1) is 21.5 Å². The second-order valence-corrected chi connectivity index (χ2v) is 12.7. The Morgan fingerprint density at radius 2 is 0.920 bits per heavy atom. The number of hydrogen-bond acceptors (Lipinski definition) is 23. The molecule has 0 aliphatic heterocycles. The van der Waals surface area contributed by atoms with Crippen molar-refractivity contribution >= 4 is 22.7 Å². The van der Waals surface area contributed by atoms with E-state index in [0.717, 1.165) is 0 Å². The third-order valence-corrected chi connectivity index (χ3v) is 7.02. The number of rotatable bonds is 0. The third-order valence-electron chi connectivity index (χ3n) is 5.87. The minimum absolute atomic E-state index is 1.26. The Hall–Kier alpha value is -10.8. The molecule has 0 aliphatic rings. The van der Waals surface area contributed by atoms with E-state index in [0.29, 0.717) is 0 Å². The first-order valence-electron chi connectivity index (χ1n) is 21.0. The first-order chi connectivity index (χ1) is 37.5. The highest BCUT2D eigenvalue weighted by molar-refractivity contribution is 7.07. The van der Waals surface area contributed by atoms with Crippen LogP contribution in [0, 0.1) is 0 Å². The van der Waals surface area contributed by atoms with Gasteiger partial charge >= 0.3 is 0 Å². The van der Waals surface area contributed by atoms with Gasteiger partial charge in [-0.3, -0.25) is 30.1 Å². The SMILES string of the molecule is c1c[nH]cn1.c1cc[nH]c1.c1ccncc1.c1ccnnc1.c1ccoc1.c1ccsc1.c1cn[nH]c1.c1cnccn1.c1cncnc1.c1cocn1.c1cscn1.c1nc[nH]n1.c1ncncn1.c1nnco1. The van der Waals surface area contributed by atoms with Crippen molar-refractivity contribution in [2.75, 3.05) is 0 Å². The minimum atomic E-state index is 1.26. The summed E-state index contributed by atoms with van der Waals surface area (Å²) in [5.41, 5.74) is 1.79. The summed E-state index contributed by atoms with van der Waals surface area (Å²) < 4.78 is 13.4. The lowest BCUT2D eigenvalue weighted by molar-refractivity contribution is 0.553. The summed E-state index contributed by atoms with van der Waals surface area (Å²) in [4.78, 5) is 49.4. The number of aromatic amines is 4. The molecule has 0 atom stereocenters. The molecule has 0 unspecified atom stereocenters. The average molecular weight is 1050 g/mol. The molecule has 27 heteroatoms. The quantitative estimate of drug-likeness (QED) is 0.110. The monoisotopic (exact) mass is 1050 g/mol.